The number of carbonyl (C=O) groups excluding carboxylic acids is 3. The fourth-order valence-electron chi connectivity index (χ4n) is 3.13. The Balaban J connectivity index is 1.41. The summed E-state index contributed by atoms with van der Waals surface area (Å²) < 4.78 is 38.1. The molecule has 2 aliphatic heterocycles. The Morgan fingerprint density at radius 2 is 2.14 bits per heavy atom. The van der Waals surface area contributed by atoms with Gasteiger partial charge in [0.05, 0.1) is 25.7 Å². The Kier molecular flexibility index (Phi) is 6.31. The van der Waals surface area contributed by atoms with E-state index in [1.165, 1.54) is 0 Å². The second-order valence-corrected chi connectivity index (χ2v) is 7.32. The van der Waals surface area contributed by atoms with Crippen LogP contribution in [-0.4, -0.2) is 82.3 Å². The summed E-state index contributed by atoms with van der Waals surface area (Å²) in [5.74, 6) is -1.18. The zero-order valence-electron chi connectivity index (χ0n) is 15.1. The zero-order chi connectivity index (χ0) is 21.0. The molecule has 2 bridgehead atoms. The molecule has 2 fully saturated rings. The maximum atomic E-state index is 12.3. The van der Waals surface area contributed by atoms with Gasteiger partial charge < -0.3 is 14.8 Å². The number of rotatable bonds is 9. The number of aromatic nitrogens is 2. The molecular formula is C14H19N6O8S-. The molecule has 1 aromatic rings. The molecule has 2 saturated heterocycles. The lowest BCUT2D eigenvalue weighted by atomic mass is 10.0. The summed E-state index contributed by atoms with van der Waals surface area (Å²) in [6, 6.07) is -0.687. The molecule has 29 heavy (non-hydrogen) atoms. The number of amides is 4. The number of urea groups is 1. The Morgan fingerprint density at radius 3 is 2.83 bits per heavy atom. The summed E-state index contributed by atoms with van der Waals surface area (Å²) in [6.07, 6.45) is 3.83. The second kappa shape index (κ2) is 8.73. The van der Waals surface area contributed by atoms with Crippen molar-refractivity contribution in [3.63, 3.8) is 0 Å². The molecule has 0 saturated carbocycles. The molecule has 4 amide bonds. The van der Waals surface area contributed by atoms with Crippen LogP contribution in [0.4, 0.5) is 4.79 Å². The number of carbonyl (C=O) groups is 3. The minimum Gasteiger partial charge on any atom is -0.724 e. The van der Waals surface area contributed by atoms with Crippen LogP contribution in [0, 0.1) is 0 Å². The maximum Gasteiger partial charge on any atom is 0.346 e. The van der Waals surface area contributed by atoms with Crippen LogP contribution in [0.2, 0.25) is 0 Å². The summed E-state index contributed by atoms with van der Waals surface area (Å²) in [6.45, 7) is 0.261. The number of fused-ring (bicyclic) bond motifs is 2. The van der Waals surface area contributed by atoms with Crippen molar-refractivity contribution < 1.29 is 36.5 Å². The number of hydrogen-bond donors (Lipinski definition) is 2. The van der Waals surface area contributed by atoms with Crippen molar-refractivity contribution in [3.8, 4) is 0 Å². The molecule has 15 heteroatoms. The standard InChI is InChI=1S/C14H20N6O8S/c21-12(17-27-7-6-18-5-1-4-16-18)8-15-13(22)11-3-2-10-9-19(11)14(23)20(10)28-29(24,25)26/h1,4-5,10-11H,2-3,6-9H2,(H,15,22)(H,17,21)(H,24,25,26)/p-1/t10-,11+/m1/s1. The molecular weight excluding hydrogens is 412 g/mol. The molecule has 160 valence electrons. The molecule has 1 aromatic heterocycles. The summed E-state index contributed by atoms with van der Waals surface area (Å²) in [5, 5.41) is 6.84. The van der Waals surface area contributed by atoms with Crippen molar-refractivity contribution in [3.05, 3.63) is 18.5 Å². The Hall–Kier alpha value is -2.75. The Morgan fingerprint density at radius 1 is 1.34 bits per heavy atom. The largest absolute Gasteiger partial charge is 0.724 e. The van der Waals surface area contributed by atoms with E-state index < -0.39 is 40.3 Å². The summed E-state index contributed by atoms with van der Waals surface area (Å²) >= 11 is 0. The highest BCUT2D eigenvalue weighted by Crippen LogP contribution is 2.30. The third-order valence-electron chi connectivity index (χ3n) is 4.39. The fraction of sp³-hybridized carbons (Fsp3) is 0.571. The number of hydrogen-bond acceptors (Lipinski definition) is 9. The quantitative estimate of drug-likeness (QED) is 0.189. The first-order valence-electron chi connectivity index (χ1n) is 8.65. The van der Waals surface area contributed by atoms with Gasteiger partial charge in [-0.2, -0.15) is 14.4 Å². The van der Waals surface area contributed by atoms with E-state index >= 15 is 0 Å². The lowest BCUT2D eigenvalue weighted by Gasteiger charge is -2.29. The van der Waals surface area contributed by atoms with Gasteiger partial charge in [0.15, 0.2) is 0 Å². The predicted octanol–water partition coefficient (Wildman–Crippen LogP) is -2.29. The Labute approximate surface area is 165 Å². The monoisotopic (exact) mass is 431 g/mol. The van der Waals surface area contributed by atoms with E-state index in [1.54, 1.807) is 23.1 Å². The van der Waals surface area contributed by atoms with Crippen LogP contribution in [0.1, 0.15) is 12.8 Å². The van der Waals surface area contributed by atoms with Gasteiger partial charge >= 0.3 is 6.03 Å². The van der Waals surface area contributed by atoms with Gasteiger partial charge in [-0.3, -0.25) is 19.1 Å². The van der Waals surface area contributed by atoms with Crippen LogP contribution in [-0.2, 0) is 35.7 Å². The molecule has 0 aliphatic carbocycles. The van der Waals surface area contributed by atoms with Gasteiger partial charge in [-0.15, -0.1) is 0 Å². The normalized spacial score (nSPS) is 21.3. The SMILES string of the molecule is O=C(CNC(=O)[C@@H]1CC[C@@H]2CN1C(=O)N2OS(=O)(=O)[O-])NOCCn1cccn1. The van der Waals surface area contributed by atoms with Crippen molar-refractivity contribution in [1.29, 1.82) is 0 Å². The van der Waals surface area contributed by atoms with Crippen LogP contribution >= 0.6 is 0 Å². The molecule has 0 unspecified atom stereocenters. The summed E-state index contributed by atoms with van der Waals surface area (Å²) in [5.41, 5.74) is 2.17. The van der Waals surface area contributed by atoms with Crippen LogP contribution in [0.5, 0.6) is 0 Å². The minimum absolute atomic E-state index is 0.0369. The van der Waals surface area contributed by atoms with Gasteiger partial charge in [-0.1, -0.05) is 0 Å². The van der Waals surface area contributed by atoms with E-state index in [0.29, 0.717) is 11.6 Å². The molecule has 2 N–H and O–H groups in total. The van der Waals surface area contributed by atoms with Crippen LogP contribution in [0.3, 0.4) is 0 Å². The van der Waals surface area contributed by atoms with Crippen molar-refractivity contribution in [2.75, 3.05) is 19.7 Å². The van der Waals surface area contributed by atoms with E-state index in [-0.39, 0.29) is 32.5 Å². The van der Waals surface area contributed by atoms with Gasteiger partial charge in [0.2, 0.25) is 16.3 Å². The highest BCUT2D eigenvalue weighted by Gasteiger charge is 2.48. The number of piperidine rings is 1. The highest BCUT2D eigenvalue weighted by atomic mass is 32.3. The molecule has 0 spiro atoms. The first kappa shape index (κ1) is 21.0. The van der Waals surface area contributed by atoms with E-state index in [2.05, 4.69) is 20.2 Å². The predicted molar refractivity (Wildman–Crippen MR) is 90.9 cm³/mol. The lowest BCUT2D eigenvalue weighted by molar-refractivity contribution is -0.136. The van der Waals surface area contributed by atoms with Gasteiger partial charge in [0, 0.05) is 18.9 Å². The van der Waals surface area contributed by atoms with Crippen LogP contribution < -0.4 is 10.8 Å². The van der Waals surface area contributed by atoms with Gasteiger partial charge in [0.25, 0.3) is 5.91 Å². The van der Waals surface area contributed by atoms with Crippen molar-refractivity contribution in [2.45, 2.75) is 31.5 Å². The zero-order valence-corrected chi connectivity index (χ0v) is 15.9. The molecule has 3 heterocycles. The maximum absolute atomic E-state index is 12.3. The first-order chi connectivity index (χ1) is 13.7. The third kappa shape index (κ3) is 5.41. The Bertz CT molecular complexity index is 859. The molecule has 2 atom stereocenters. The topological polar surface area (TPSA) is 175 Å². The summed E-state index contributed by atoms with van der Waals surface area (Å²) in [7, 11) is -5.11. The number of nitrogens with one attached hydrogen (secondary N) is 2. The molecule has 14 nitrogen and oxygen atoms in total. The highest BCUT2D eigenvalue weighted by molar-refractivity contribution is 7.80. The summed E-state index contributed by atoms with van der Waals surface area (Å²) in [4.78, 5) is 42.4. The number of nitrogens with zero attached hydrogens (tertiary/aromatic N) is 4. The molecule has 2 aliphatic rings. The van der Waals surface area contributed by atoms with E-state index in [0.717, 1.165) is 4.90 Å². The van der Waals surface area contributed by atoms with Gasteiger partial charge in [-0.25, -0.2) is 18.7 Å². The first-order valence-corrected chi connectivity index (χ1v) is 9.99. The number of hydroxylamine groups is 3. The van der Waals surface area contributed by atoms with Crippen molar-refractivity contribution >= 4 is 28.2 Å². The minimum atomic E-state index is -5.11. The van der Waals surface area contributed by atoms with E-state index in [1.807, 2.05) is 0 Å². The second-order valence-electron chi connectivity index (χ2n) is 6.35. The van der Waals surface area contributed by atoms with Crippen molar-refractivity contribution in [2.24, 2.45) is 0 Å². The van der Waals surface area contributed by atoms with Crippen molar-refractivity contribution in [1.82, 2.24) is 30.5 Å². The fourth-order valence-corrected chi connectivity index (χ4v) is 3.51. The van der Waals surface area contributed by atoms with Gasteiger partial charge in [-0.05, 0) is 18.9 Å². The molecule has 0 aromatic carbocycles. The van der Waals surface area contributed by atoms with Gasteiger partial charge in [0.1, 0.15) is 6.04 Å². The smallest absolute Gasteiger partial charge is 0.346 e. The third-order valence-corrected chi connectivity index (χ3v) is 4.73. The van der Waals surface area contributed by atoms with E-state index in [9.17, 15) is 27.4 Å². The average Bonchev–Trinajstić information content (AvgIpc) is 3.26. The van der Waals surface area contributed by atoms with Crippen LogP contribution in [0.25, 0.3) is 0 Å². The molecule has 3 rings (SSSR count). The molecule has 0 radical (unpaired) electrons. The average molecular weight is 431 g/mol. The van der Waals surface area contributed by atoms with E-state index in [4.69, 9.17) is 4.84 Å². The lowest BCUT2D eigenvalue weighted by Crippen LogP contribution is -2.51. The van der Waals surface area contributed by atoms with Crippen LogP contribution in [0.15, 0.2) is 18.5 Å².